The second-order valence-electron chi connectivity index (χ2n) is 5.01. The Labute approximate surface area is 143 Å². The SMILES string of the molecule is COc1cc(Cl)c(C)cc1NCC(=O)Nc1ccc([N+](=O)[O-])cc1. The molecule has 0 saturated heterocycles. The molecule has 126 valence electrons. The number of nitrogens with one attached hydrogen (secondary N) is 2. The van der Waals surface area contributed by atoms with Crippen molar-refractivity contribution in [1.82, 2.24) is 0 Å². The van der Waals surface area contributed by atoms with E-state index in [-0.39, 0.29) is 18.1 Å². The van der Waals surface area contributed by atoms with Crippen molar-refractivity contribution in [3.05, 3.63) is 57.1 Å². The third-order valence-corrected chi connectivity index (χ3v) is 3.69. The highest BCUT2D eigenvalue weighted by molar-refractivity contribution is 6.31. The maximum atomic E-state index is 12.0. The van der Waals surface area contributed by atoms with Gasteiger partial charge in [0.15, 0.2) is 0 Å². The second kappa shape index (κ2) is 7.65. The van der Waals surface area contributed by atoms with Crippen molar-refractivity contribution in [3.63, 3.8) is 0 Å². The number of carbonyl (C=O) groups excluding carboxylic acids is 1. The van der Waals surface area contributed by atoms with E-state index in [0.29, 0.717) is 22.1 Å². The van der Waals surface area contributed by atoms with E-state index in [4.69, 9.17) is 16.3 Å². The summed E-state index contributed by atoms with van der Waals surface area (Å²) in [6.07, 6.45) is 0. The molecule has 0 aromatic heterocycles. The molecule has 0 heterocycles. The van der Waals surface area contributed by atoms with Crippen LogP contribution in [0.15, 0.2) is 36.4 Å². The largest absolute Gasteiger partial charge is 0.495 e. The number of anilines is 2. The summed E-state index contributed by atoms with van der Waals surface area (Å²) in [6, 6.07) is 9.07. The maximum absolute atomic E-state index is 12.0. The van der Waals surface area contributed by atoms with Gasteiger partial charge in [-0.15, -0.1) is 0 Å². The Morgan fingerprint density at radius 1 is 1.29 bits per heavy atom. The number of amides is 1. The lowest BCUT2D eigenvalue weighted by Gasteiger charge is -2.13. The third kappa shape index (κ3) is 4.36. The van der Waals surface area contributed by atoms with Gasteiger partial charge in [0.1, 0.15) is 5.75 Å². The third-order valence-electron chi connectivity index (χ3n) is 3.28. The van der Waals surface area contributed by atoms with Gasteiger partial charge in [0.05, 0.1) is 24.3 Å². The van der Waals surface area contributed by atoms with E-state index < -0.39 is 4.92 Å². The molecule has 0 aliphatic rings. The van der Waals surface area contributed by atoms with Gasteiger partial charge in [0.2, 0.25) is 5.91 Å². The number of hydrogen-bond donors (Lipinski definition) is 2. The van der Waals surface area contributed by atoms with Crippen LogP contribution in [0.5, 0.6) is 5.75 Å². The molecule has 2 N–H and O–H groups in total. The minimum absolute atomic E-state index is 0.00835. The summed E-state index contributed by atoms with van der Waals surface area (Å²) in [5.41, 5.74) is 1.95. The van der Waals surface area contributed by atoms with Gasteiger partial charge in [-0.2, -0.15) is 0 Å². The van der Waals surface area contributed by atoms with E-state index in [2.05, 4.69) is 10.6 Å². The number of methoxy groups -OCH3 is 1. The number of nitro groups is 1. The van der Waals surface area contributed by atoms with Crippen molar-refractivity contribution < 1.29 is 14.5 Å². The van der Waals surface area contributed by atoms with Crippen LogP contribution in [0.2, 0.25) is 5.02 Å². The molecule has 0 saturated carbocycles. The van der Waals surface area contributed by atoms with E-state index in [9.17, 15) is 14.9 Å². The number of rotatable bonds is 6. The molecular weight excluding hydrogens is 334 g/mol. The Morgan fingerprint density at radius 2 is 1.96 bits per heavy atom. The minimum atomic E-state index is -0.498. The van der Waals surface area contributed by atoms with Gasteiger partial charge in [0, 0.05) is 28.9 Å². The molecule has 1 amide bonds. The van der Waals surface area contributed by atoms with Crippen LogP contribution >= 0.6 is 11.6 Å². The number of hydrogen-bond acceptors (Lipinski definition) is 5. The molecule has 2 aromatic rings. The highest BCUT2D eigenvalue weighted by Gasteiger charge is 2.10. The van der Waals surface area contributed by atoms with E-state index in [1.165, 1.54) is 31.4 Å². The summed E-state index contributed by atoms with van der Waals surface area (Å²) in [6.45, 7) is 1.86. The fourth-order valence-electron chi connectivity index (χ4n) is 2.02. The summed E-state index contributed by atoms with van der Waals surface area (Å²) in [7, 11) is 1.52. The predicted octanol–water partition coefficient (Wildman–Crippen LogP) is 3.62. The lowest BCUT2D eigenvalue weighted by Crippen LogP contribution is -2.22. The van der Waals surface area contributed by atoms with Crippen LogP contribution in [0.4, 0.5) is 17.1 Å². The first kappa shape index (κ1) is 17.6. The number of carbonyl (C=O) groups is 1. The van der Waals surface area contributed by atoms with Gasteiger partial charge in [-0.1, -0.05) is 11.6 Å². The molecular formula is C16H16ClN3O4. The van der Waals surface area contributed by atoms with E-state index in [1.54, 1.807) is 12.1 Å². The monoisotopic (exact) mass is 349 g/mol. The highest BCUT2D eigenvalue weighted by Crippen LogP contribution is 2.30. The zero-order valence-corrected chi connectivity index (χ0v) is 13.9. The molecule has 2 rings (SSSR count). The van der Waals surface area contributed by atoms with Gasteiger partial charge < -0.3 is 15.4 Å². The van der Waals surface area contributed by atoms with Crippen LogP contribution in [0.3, 0.4) is 0 Å². The molecule has 0 bridgehead atoms. The summed E-state index contributed by atoms with van der Waals surface area (Å²) in [4.78, 5) is 22.1. The highest BCUT2D eigenvalue weighted by atomic mass is 35.5. The molecule has 0 aliphatic heterocycles. The maximum Gasteiger partial charge on any atom is 0.269 e. The smallest absolute Gasteiger partial charge is 0.269 e. The fourth-order valence-corrected chi connectivity index (χ4v) is 2.17. The topological polar surface area (TPSA) is 93.5 Å². The number of halogens is 1. The zero-order valence-electron chi connectivity index (χ0n) is 13.1. The molecule has 7 nitrogen and oxygen atoms in total. The first-order chi connectivity index (χ1) is 11.4. The van der Waals surface area contributed by atoms with Crippen molar-refractivity contribution in [3.8, 4) is 5.75 Å². The van der Waals surface area contributed by atoms with E-state index in [1.807, 2.05) is 6.92 Å². The van der Waals surface area contributed by atoms with Gasteiger partial charge in [-0.25, -0.2) is 0 Å². The Bertz CT molecular complexity index is 763. The number of aryl methyl sites for hydroxylation is 1. The quantitative estimate of drug-likeness (QED) is 0.613. The predicted molar refractivity (Wildman–Crippen MR) is 93.0 cm³/mol. The van der Waals surface area contributed by atoms with Crippen molar-refractivity contribution in [2.75, 3.05) is 24.3 Å². The normalized spacial score (nSPS) is 10.1. The van der Waals surface area contributed by atoms with Gasteiger partial charge >= 0.3 is 0 Å². The van der Waals surface area contributed by atoms with Crippen LogP contribution in [-0.2, 0) is 4.79 Å². The van der Waals surface area contributed by atoms with Crippen LogP contribution in [0.25, 0.3) is 0 Å². The second-order valence-corrected chi connectivity index (χ2v) is 5.41. The van der Waals surface area contributed by atoms with Crippen LogP contribution in [0, 0.1) is 17.0 Å². The Hall–Kier alpha value is -2.80. The minimum Gasteiger partial charge on any atom is -0.495 e. The van der Waals surface area contributed by atoms with Crippen molar-refractivity contribution in [2.24, 2.45) is 0 Å². The molecule has 8 heteroatoms. The van der Waals surface area contributed by atoms with Crippen molar-refractivity contribution in [2.45, 2.75) is 6.92 Å². The van der Waals surface area contributed by atoms with Crippen LogP contribution in [0.1, 0.15) is 5.56 Å². The summed E-state index contributed by atoms with van der Waals surface area (Å²) in [5.74, 6) is 0.243. The first-order valence-electron chi connectivity index (χ1n) is 7.03. The van der Waals surface area contributed by atoms with E-state index in [0.717, 1.165) is 5.56 Å². The molecule has 0 spiro atoms. The van der Waals surface area contributed by atoms with Gasteiger partial charge in [-0.3, -0.25) is 14.9 Å². The summed E-state index contributed by atoms with van der Waals surface area (Å²) >= 11 is 6.03. The van der Waals surface area contributed by atoms with Crippen LogP contribution in [-0.4, -0.2) is 24.5 Å². The lowest BCUT2D eigenvalue weighted by atomic mass is 10.2. The molecule has 0 unspecified atom stereocenters. The molecule has 0 atom stereocenters. The molecule has 2 aromatic carbocycles. The number of ether oxygens (including phenoxy) is 1. The Morgan fingerprint density at radius 3 is 2.54 bits per heavy atom. The molecule has 0 aliphatic carbocycles. The van der Waals surface area contributed by atoms with Crippen molar-refractivity contribution in [1.29, 1.82) is 0 Å². The van der Waals surface area contributed by atoms with Gasteiger partial charge in [0.25, 0.3) is 5.69 Å². The van der Waals surface area contributed by atoms with Crippen molar-refractivity contribution >= 4 is 34.6 Å². The molecule has 24 heavy (non-hydrogen) atoms. The zero-order chi connectivity index (χ0) is 17.7. The number of nitrogens with zero attached hydrogens (tertiary/aromatic N) is 1. The van der Waals surface area contributed by atoms with Crippen LogP contribution < -0.4 is 15.4 Å². The fraction of sp³-hybridized carbons (Fsp3) is 0.188. The lowest BCUT2D eigenvalue weighted by molar-refractivity contribution is -0.384. The average Bonchev–Trinajstić information content (AvgIpc) is 2.56. The summed E-state index contributed by atoms with van der Waals surface area (Å²) < 4.78 is 5.22. The standard InChI is InChI=1S/C16H16ClN3O4/c1-10-7-14(15(24-2)8-13(10)17)18-9-16(21)19-11-3-5-12(6-4-11)20(22)23/h3-8,18H,9H2,1-2H3,(H,19,21). The Kier molecular flexibility index (Phi) is 5.59. The average molecular weight is 350 g/mol. The summed E-state index contributed by atoms with van der Waals surface area (Å²) in [5, 5.41) is 16.8. The van der Waals surface area contributed by atoms with E-state index >= 15 is 0 Å². The number of non-ortho nitro benzene ring substituents is 1. The Balaban J connectivity index is 1.98. The van der Waals surface area contributed by atoms with Gasteiger partial charge in [-0.05, 0) is 30.7 Å². The number of nitro benzene ring substituents is 1. The molecule has 0 fully saturated rings. The number of benzene rings is 2. The molecule has 0 radical (unpaired) electrons. The first-order valence-corrected chi connectivity index (χ1v) is 7.41.